The third-order valence-corrected chi connectivity index (χ3v) is 10.4. The summed E-state index contributed by atoms with van der Waals surface area (Å²) >= 11 is 0. The summed E-state index contributed by atoms with van der Waals surface area (Å²) in [5, 5.41) is 2.09. The smallest absolute Gasteiger partial charge is 0.194 e. The summed E-state index contributed by atoms with van der Waals surface area (Å²) in [4.78, 5) is 19.0. The number of para-hydroxylation sites is 1. The van der Waals surface area contributed by atoms with Gasteiger partial charge >= 0.3 is 0 Å². The fraction of sp³-hybridized carbons (Fsp3) is 0. The zero-order valence-electron chi connectivity index (χ0n) is 30.7. The van der Waals surface area contributed by atoms with Gasteiger partial charge in [-0.2, -0.15) is 0 Å². The summed E-state index contributed by atoms with van der Waals surface area (Å²) < 4.78 is 6.57. The van der Waals surface area contributed by atoms with Crippen LogP contribution in [0.15, 0.2) is 199 Å². The maximum Gasteiger partial charge on any atom is 0.194 e. The van der Waals surface area contributed by atoms with Crippen LogP contribution in [-0.4, -0.2) is 15.0 Å². The number of hydrogen-bond donors (Lipinski definition) is 0. The van der Waals surface area contributed by atoms with Crippen molar-refractivity contribution in [3.05, 3.63) is 206 Å². The lowest BCUT2D eigenvalue weighted by atomic mass is 9.96. The average Bonchev–Trinajstić information content (AvgIpc) is 3.68. The van der Waals surface area contributed by atoms with Crippen molar-refractivity contribution in [2.24, 2.45) is 0 Å². The zero-order valence-corrected chi connectivity index (χ0v) is 30.7. The van der Waals surface area contributed by atoms with Gasteiger partial charge in [-0.15, -0.1) is 0 Å². The molecule has 0 saturated carbocycles. The molecule has 57 heavy (non-hydrogen) atoms. The first-order valence-electron chi connectivity index (χ1n) is 18.8. The fourth-order valence-electron chi connectivity index (χ4n) is 7.55. The van der Waals surface area contributed by atoms with Crippen LogP contribution in [0.1, 0.15) is 0 Å². The highest BCUT2D eigenvalue weighted by Gasteiger charge is 2.18. The highest BCUT2D eigenvalue weighted by Crippen LogP contribution is 2.40. The van der Waals surface area contributed by atoms with Gasteiger partial charge in [0, 0.05) is 27.5 Å². The van der Waals surface area contributed by atoms with E-state index in [-0.39, 0.29) is 0 Å². The molecule has 0 amide bonds. The molecular weight excluding hydrogens is 697 g/mol. The number of hydrogen-bond acceptors (Lipinski definition) is 4. The van der Waals surface area contributed by atoms with Crippen LogP contribution in [0.5, 0.6) is 0 Å². The Morgan fingerprint density at radius 3 is 1.54 bits per heavy atom. The lowest BCUT2D eigenvalue weighted by Crippen LogP contribution is -2.00. The highest BCUT2D eigenvalue weighted by atomic mass is 16.3. The molecule has 0 unspecified atom stereocenters. The molecule has 0 aliphatic carbocycles. The molecule has 2 aromatic heterocycles. The molecule has 266 valence electrons. The van der Waals surface area contributed by atoms with E-state index in [1.54, 1.807) is 0 Å². The first-order valence-corrected chi connectivity index (χ1v) is 18.8. The van der Waals surface area contributed by atoms with Crippen LogP contribution in [0.4, 0.5) is 5.69 Å². The van der Waals surface area contributed by atoms with E-state index in [0.717, 1.165) is 77.6 Å². The monoisotopic (exact) mass is 728 g/mol. The van der Waals surface area contributed by atoms with Gasteiger partial charge in [-0.3, -0.25) is 0 Å². The molecule has 0 spiro atoms. The van der Waals surface area contributed by atoms with Gasteiger partial charge in [0.25, 0.3) is 0 Å². The van der Waals surface area contributed by atoms with Gasteiger partial charge in [-0.05, 0) is 74.8 Å². The summed E-state index contributed by atoms with van der Waals surface area (Å²) in [6, 6.07) is 65.9. The van der Waals surface area contributed by atoms with Crippen LogP contribution in [0.25, 0.3) is 105 Å². The molecule has 5 heteroatoms. The van der Waals surface area contributed by atoms with Gasteiger partial charge in [0.1, 0.15) is 11.2 Å². The third-order valence-electron chi connectivity index (χ3n) is 10.4. The zero-order chi connectivity index (χ0) is 38.1. The van der Waals surface area contributed by atoms with E-state index >= 15 is 0 Å². The first-order chi connectivity index (χ1) is 28.2. The normalized spacial score (nSPS) is 11.1. The minimum absolute atomic E-state index is 0.534. The van der Waals surface area contributed by atoms with Gasteiger partial charge in [0.05, 0.1) is 6.57 Å². The Kier molecular flexibility index (Phi) is 8.48. The van der Waals surface area contributed by atoms with Crippen molar-refractivity contribution >= 4 is 27.6 Å². The quantitative estimate of drug-likeness (QED) is 0.153. The number of fused-ring (bicyclic) bond motifs is 3. The molecule has 0 fully saturated rings. The molecule has 0 N–H and O–H groups in total. The van der Waals surface area contributed by atoms with Crippen LogP contribution in [0, 0.1) is 6.57 Å². The standard InChI is InChI=1S/C52H32N4O/c1-53-46-23-9-8-21-43(46)39-18-11-20-41(32-39)51-54-50(37-27-25-36(26-28-37)34-13-4-2-5-14-34)55-52(56-51)42-29-30-45-48(33-42)57-47-24-12-22-44(49(45)47)40-19-10-17-38(31-40)35-15-6-3-7-16-35/h2-33H. The Morgan fingerprint density at radius 1 is 0.351 bits per heavy atom. The number of rotatable bonds is 7. The summed E-state index contributed by atoms with van der Waals surface area (Å²) in [7, 11) is 0. The lowest BCUT2D eigenvalue weighted by molar-refractivity contribution is 0.669. The van der Waals surface area contributed by atoms with E-state index in [9.17, 15) is 0 Å². The van der Waals surface area contributed by atoms with E-state index in [1.165, 1.54) is 5.56 Å². The van der Waals surface area contributed by atoms with Crippen LogP contribution >= 0.6 is 0 Å². The molecule has 0 saturated heterocycles. The predicted octanol–water partition coefficient (Wildman–Crippen LogP) is 14.0. The topological polar surface area (TPSA) is 56.2 Å². The van der Waals surface area contributed by atoms with Crippen molar-refractivity contribution in [2.45, 2.75) is 0 Å². The van der Waals surface area contributed by atoms with Crippen molar-refractivity contribution in [3.8, 4) is 78.7 Å². The van der Waals surface area contributed by atoms with E-state index in [2.05, 4.69) is 114 Å². The van der Waals surface area contributed by atoms with E-state index in [1.807, 2.05) is 84.9 Å². The summed E-state index contributed by atoms with van der Waals surface area (Å²) in [6.45, 7) is 7.74. The number of nitrogens with zero attached hydrogens (tertiary/aromatic N) is 4. The molecule has 10 rings (SSSR count). The minimum atomic E-state index is 0.534. The van der Waals surface area contributed by atoms with E-state index < -0.39 is 0 Å². The summed E-state index contributed by atoms with van der Waals surface area (Å²) in [5.74, 6) is 1.63. The molecule has 2 heterocycles. The van der Waals surface area contributed by atoms with Crippen LogP contribution < -0.4 is 0 Å². The molecule has 0 aliphatic rings. The highest BCUT2D eigenvalue weighted by molar-refractivity contribution is 6.13. The van der Waals surface area contributed by atoms with Gasteiger partial charge in [-0.25, -0.2) is 19.8 Å². The second kappa shape index (κ2) is 14.4. The van der Waals surface area contributed by atoms with E-state index in [4.69, 9.17) is 25.9 Å². The van der Waals surface area contributed by atoms with Gasteiger partial charge in [0.15, 0.2) is 23.2 Å². The molecular formula is C52H32N4O. The van der Waals surface area contributed by atoms with Gasteiger partial charge in [-0.1, -0.05) is 164 Å². The van der Waals surface area contributed by atoms with Gasteiger partial charge in [0.2, 0.25) is 0 Å². The first kappa shape index (κ1) is 33.6. The maximum absolute atomic E-state index is 7.74. The molecule has 8 aromatic carbocycles. The van der Waals surface area contributed by atoms with Crippen LogP contribution in [0.3, 0.4) is 0 Å². The largest absolute Gasteiger partial charge is 0.456 e. The molecule has 0 aliphatic heterocycles. The molecule has 10 aromatic rings. The second-order valence-corrected chi connectivity index (χ2v) is 13.9. The predicted molar refractivity (Wildman–Crippen MR) is 231 cm³/mol. The van der Waals surface area contributed by atoms with Crippen LogP contribution in [0.2, 0.25) is 0 Å². The number of benzene rings is 8. The van der Waals surface area contributed by atoms with Crippen LogP contribution in [-0.2, 0) is 0 Å². The lowest BCUT2D eigenvalue weighted by Gasteiger charge is -2.11. The van der Waals surface area contributed by atoms with Crippen molar-refractivity contribution in [2.75, 3.05) is 0 Å². The number of furan rings is 1. The summed E-state index contributed by atoms with van der Waals surface area (Å²) in [5.41, 5.74) is 13.3. The van der Waals surface area contributed by atoms with E-state index in [0.29, 0.717) is 23.2 Å². The van der Waals surface area contributed by atoms with Crippen molar-refractivity contribution < 1.29 is 4.42 Å². The van der Waals surface area contributed by atoms with Crippen molar-refractivity contribution in [3.63, 3.8) is 0 Å². The van der Waals surface area contributed by atoms with Crippen molar-refractivity contribution in [1.29, 1.82) is 0 Å². The molecule has 0 radical (unpaired) electrons. The average molecular weight is 729 g/mol. The number of aromatic nitrogens is 3. The van der Waals surface area contributed by atoms with Crippen molar-refractivity contribution in [1.82, 2.24) is 15.0 Å². The Balaban J connectivity index is 1.10. The summed E-state index contributed by atoms with van der Waals surface area (Å²) in [6.07, 6.45) is 0. The fourth-order valence-corrected chi connectivity index (χ4v) is 7.55. The molecule has 0 bridgehead atoms. The molecule has 5 nitrogen and oxygen atoms in total. The minimum Gasteiger partial charge on any atom is -0.456 e. The van der Waals surface area contributed by atoms with Gasteiger partial charge < -0.3 is 4.42 Å². The Morgan fingerprint density at radius 2 is 0.825 bits per heavy atom. The third kappa shape index (κ3) is 6.42. The maximum atomic E-state index is 7.74. The second-order valence-electron chi connectivity index (χ2n) is 13.9. The Hall–Kier alpha value is -7.94. The Bertz CT molecular complexity index is 3130. The Labute approximate surface area is 330 Å². The molecule has 0 atom stereocenters. The SMILES string of the molecule is [C-]#[N+]c1ccccc1-c1cccc(-c2nc(-c3ccc(-c4ccccc4)cc3)nc(-c3ccc4c(c3)oc3cccc(-c5cccc(-c6ccccc6)c5)c34)n2)c1.